The van der Waals surface area contributed by atoms with Crippen LogP contribution < -0.4 is 0 Å². The maximum Gasteiger partial charge on any atom is 0.167 e. The lowest BCUT2D eigenvalue weighted by molar-refractivity contribution is 0.452. The van der Waals surface area contributed by atoms with Gasteiger partial charge in [-0.25, -0.2) is 17.6 Å². The van der Waals surface area contributed by atoms with Crippen molar-refractivity contribution in [1.82, 2.24) is 0 Å². The van der Waals surface area contributed by atoms with E-state index < -0.39 is 23.3 Å². The van der Waals surface area contributed by atoms with Gasteiger partial charge in [0.15, 0.2) is 23.3 Å². The van der Waals surface area contributed by atoms with Crippen molar-refractivity contribution in [2.24, 2.45) is 5.92 Å². The summed E-state index contributed by atoms with van der Waals surface area (Å²) in [6.45, 7) is 4.13. The molecule has 0 amide bonds. The Labute approximate surface area is 230 Å². The van der Waals surface area contributed by atoms with Crippen molar-refractivity contribution in [3.05, 3.63) is 101 Å². The van der Waals surface area contributed by atoms with Gasteiger partial charge in [-0.1, -0.05) is 92.9 Å². The van der Waals surface area contributed by atoms with E-state index in [0.717, 1.165) is 63.4 Å². The van der Waals surface area contributed by atoms with Crippen LogP contribution in [0.5, 0.6) is 0 Å². The van der Waals surface area contributed by atoms with Gasteiger partial charge in [0.1, 0.15) is 0 Å². The summed E-state index contributed by atoms with van der Waals surface area (Å²) in [6.07, 6.45) is 15.5. The van der Waals surface area contributed by atoms with Gasteiger partial charge in [0.2, 0.25) is 0 Å². The second-order valence-electron chi connectivity index (χ2n) is 10.6. The number of rotatable bonds is 11. The van der Waals surface area contributed by atoms with Gasteiger partial charge < -0.3 is 0 Å². The number of hydrogen-bond donors (Lipinski definition) is 0. The second-order valence-corrected chi connectivity index (χ2v) is 10.6. The van der Waals surface area contributed by atoms with E-state index in [4.69, 9.17) is 0 Å². The first-order valence-corrected chi connectivity index (χ1v) is 14.3. The highest BCUT2D eigenvalue weighted by molar-refractivity contribution is 5.74. The molecule has 4 heteroatoms. The van der Waals surface area contributed by atoms with Gasteiger partial charge in [0, 0.05) is 16.7 Å². The van der Waals surface area contributed by atoms with Crippen LogP contribution >= 0.6 is 0 Å². The molecule has 0 bridgehead atoms. The Kier molecular flexibility index (Phi) is 10.2. The molecular formula is C35H38F4. The summed E-state index contributed by atoms with van der Waals surface area (Å²) in [5.74, 6) is -2.82. The molecule has 1 aliphatic rings. The van der Waals surface area contributed by atoms with Crippen molar-refractivity contribution in [2.75, 3.05) is 0 Å². The van der Waals surface area contributed by atoms with Gasteiger partial charge in [-0.2, -0.15) is 0 Å². The fraction of sp³-hybridized carbons (Fsp3) is 0.371. The second kappa shape index (κ2) is 13.8. The monoisotopic (exact) mass is 534 g/mol. The number of benzene rings is 3. The van der Waals surface area contributed by atoms with Gasteiger partial charge in [-0.3, -0.25) is 0 Å². The third-order valence-corrected chi connectivity index (χ3v) is 7.89. The topological polar surface area (TPSA) is 0 Å². The molecule has 0 radical (unpaired) electrons. The summed E-state index contributed by atoms with van der Waals surface area (Å²) >= 11 is 0. The molecule has 0 fully saturated rings. The van der Waals surface area contributed by atoms with Crippen LogP contribution in [0.4, 0.5) is 17.6 Å². The van der Waals surface area contributed by atoms with E-state index in [-0.39, 0.29) is 11.1 Å². The molecule has 3 aromatic rings. The van der Waals surface area contributed by atoms with E-state index in [0.29, 0.717) is 34.6 Å². The first kappa shape index (κ1) is 28.9. The van der Waals surface area contributed by atoms with E-state index >= 15 is 8.78 Å². The smallest absolute Gasteiger partial charge is 0.167 e. The molecule has 206 valence electrons. The maximum atomic E-state index is 15.2. The SMILES string of the molecule is CC=CCCC1CC=C(c2ccc(-c3ccc(-c4ccc(CCCCCC)c(F)c4F)cc3)c(F)c2F)CC1. The van der Waals surface area contributed by atoms with Crippen molar-refractivity contribution >= 4 is 5.57 Å². The number of aryl methyl sites for hydroxylation is 1. The number of hydrogen-bond acceptors (Lipinski definition) is 0. The highest BCUT2D eigenvalue weighted by atomic mass is 19.2. The summed E-state index contributed by atoms with van der Waals surface area (Å²) in [5.41, 5.74) is 2.86. The number of allylic oxidation sites excluding steroid dienone is 4. The van der Waals surface area contributed by atoms with Crippen LogP contribution in [0.1, 0.15) is 82.8 Å². The zero-order valence-electron chi connectivity index (χ0n) is 23.0. The molecule has 0 saturated carbocycles. The molecular weight excluding hydrogens is 496 g/mol. The molecule has 39 heavy (non-hydrogen) atoms. The van der Waals surface area contributed by atoms with Gasteiger partial charge >= 0.3 is 0 Å². The highest BCUT2D eigenvalue weighted by Crippen LogP contribution is 2.37. The summed E-state index contributed by atoms with van der Waals surface area (Å²) in [5, 5.41) is 0. The molecule has 0 N–H and O–H groups in total. The van der Waals surface area contributed by atoms with E-state index in [9.17, 15) is 8.78 Å². The Morgan fingerprint density at radius 2 is 1.36 bits per heavy atom. The number of unbranched alkanes of at least 4 members (excludes halogenated alkanes) is 3. The fourth-order valence-electron chi connectivity index (χ4n) is 5.49. The van der Waals surface area contributed by atoms with Crippen molar-refractivity contribution < 1.29 is 17.6 Å². The lowest BCUT2D eigenvalue weighted by Gasteiger charge is -2.22. The van der Waals surface area contributed by atoms with Crippen LogP contribution in [0, 0.1) is 29.2 Å². The quantitative estimate of drug-likeness (QED) is 0.130. The van der Waals surface area contributed by atoms with Crippen molar-refractivity contribution in [3.63, 3.8) is 0 Å². The van der Waals surface area contributed by atoms with Crippen LogP contribution in [-0.4, -0.2) is 0 Å². The van der Waals surface area contributed by atoms with Crippen LogP contribution in [0.2, 0.25) is 0 Å². The minimum Gasteiger partial charge on any atom is -0.203 e. The average molecular weight is 535 g/mol. The zero-order valence-corrected chi connectivity index (χ0v) is 23.0. The molecule has 0 nitrogen and oxygen atoms in total. The highest BCUT2D eigenvalue weighted by Gasteiger charge is 2.21. The molecule has 1 atom stereocenters. The van der Waals surface area contributed by atoms with Crippen LogP contribution in [0.3, 0.4) is 0 Å². The molecule has 1 unspecified atom stereocenters. The van der Waals surface area contributed by atoms with Crippen molar-refractivity contribution in [3.8, 4) is 22.3 Å². The lowest BCUT2D eigenvalue weighted by atomic mass is 9.83. The Balaban J connectivity index is 1.49. The summed E-state index contributed by atoms with van der Waals surface area (Å²) in [7, 11) is 0. The van der Waals surface area contributed by atoms with Gasteiger partial charge in [-0.15, -0.1) is 0 Å². The molecule has 0 aliphatic heterocycles. The Morgan fingerprint density at radius 3 is 1.97 bits per heavy atom. The normalized spacial score (nSPS) is 15.6. The first-order chi connectivity index (χ1) is 18.9. The molecule has 1 aliphatic carbocycles. The van der Waals surface area contributed by atoms with Gasteiger partial charge in [0.25, 0.3) is 0 Å². The fourth-order valence-corrected chi connectivity index (χ4v) is 5.49. The molecule has 0 saturated heterocycles. The van der Waals surface area contributed by atoms with Crippen LogP contribution in [-0.2, 0) is 6.42 Å². The molecule has 0 spiro atoms. The Morgan fingerprint density at radius 1 is 0.744 bits per heavy atom. The Hall–Kier alpha value is -3.14. The average Bonchev–Trinajstić information content (AvgIpc) is 2.96. The molecule has 0 heterocycles. The minimum absolute atomic E-state index is 0.150. The van der Waals surface area contributed by atoms with E-state index in [1.54, 1.807) is 48.5 Å². The summed E-state index contributed by atoms with van der Waals surface area (Å²) in [6, 6.07) is 13.0. The first-order valence-electron chi connectivity index (χ1n) is 14.3. The van der Waals surface area contributed by atoms with Gasteiger partial charge in [0.05, 0.1) is 0 Å². The standard InChI is InChI=1S/C35H38F4/c1-3-5-7-9-11-28-20-21-29(33(37)32(28)36)26-16-18-27(19-17-26)31-23-22-30(34(38)35(31)39)25-14-12-24(13-15-25)10-8-6-4-2/h4,6,14,16-24H,3,5,7-13,15H2,1-2H3. The lowest BCUT2D eigenvalue weighted by Crippen LogP contribution is -2.07. The van der Waals surface area contributed by atoms with Crippen LogP contribution in [0.25, 0.3) is 27.8 Å². The van der Waals surface area contributed by atoms with Crippen LogP contribution in [0.15, 0.2) is 66.8 Å². The molecule has 4 rings (SSSR count). The summed E-state index contributed by atoms with van der Waals surface area (Å²) < 4.78 is 60.0. The third kappa shape index (κ3) is 6.90. The maximum absolute atomic E-state index is 15.2. The van der Waals surface area contributed by atoms with E-state index in [1.165, 1.54) is 0 Å². The largest absolute Gasteiger partial charge is 0.203 e. The zero-order chi connectivity index (χ0) is 27.8. The number of halogens is 4. The third-order valence-electron chi connectivity index (χ3n) is 7.89. The van der Waals surface area contributed by atoms with Crippen molar-refractivity contribution in [2.45, 2.75) is 78.1 Å². The molecule has 3 aromatic carbocycles. The minimum atomic E-state index is -0.888. The Bertz CT molecular complexity index is 1320. The predicted molar refractivity (Wildman–Crippen MR) is 154 cm³/mol. The predicted octanol–water partition coefficient (Wildman–Crippen LogP) is 11.2. The molecule has 0 aromatic heterocycles. The summed E-state index contributed by atoms with van der Waals surface area (Å²) in [4.78, 5) is 0. The van der Waals surface area contributed by atoms with Gasteiger partial charge in [-0.05, 0) is 80.1 Å². The van der Waals surface area contributed by atoms with E-state index in [1.807, 2.05) is 6.92 Å². The van der Waals surface area contributed by atoms with Crippen molar-refractivity contribution in [1.29, 1.82) is 0 Å². The van der Waals surface area contributed by atoms with E-state index in [2.05, 4.69) is 25.2 Å².